The number of likely N-dealkylation sites (tertiary alicyclic amines) is 1. The van der Waals surface area contributed by atoms with Gasteiger partial charge in [0.2, 0.25) is 5.91 Å². The molecule has 2 saturated heterocycles. The van der Waals surface area contributed by atoms with E-state index < -0.39 is 0 Å². The molecule has 2 N–H and O–H groups in total. The van der Waals surface area contributed by atoms with Gasteiger partial charge >= 0.3 is 0 Å². The highest BCUT2D eigenvalue weighted by atomic mass is 32.2. The fourth-order valence-electron chi connectivity index (χ4n) is 2.41. The summed E-state index contributed by atoms with van der Waals surface area (Å²) in [6.45, 7) is 5.26. The second kappa shape index (κ2) is 7.24. The molecule has 1 unspecified atom stereocenters. The molecule has 2 rings (SSSR count). The number of nitrogens with one attached hydrogen (secondary N) is 2. The zero-order chi connectivity index (χ0) is 11.9. The monoisotopic (exact) mass is 257 g/mol. The SMILES string of the molecule is O=C(CC1CSCCN1)NCCN1CCCC1. The molecule has 0 aliphatic carbocycles. The van der Waals surface area contributed by atoms with Crippen LogP contribution in [-0.2, 0) is 4.79 Å². The van der Waals surface area contributed by atoms with Gasteiger partial charge in [-0.3, -0.25) is 4.79 Å². The van der Waals surface area contributed by atoms with Gasteiger partial charge in [-0.15, -0.1) is 0 Å². The lowest BCUT2D eigenvalue weighted by Gasteiger charge is -2.22. The van der Waals surface area contributed by atoms with Crippen LogP contribution in [0.25, 0.3) is 0 Å². The second-order valence-electron chi connectivity index (χ2n) is 4.83. The molecule has 0 saturated carbocycles. The quantitative estimate of drug-likeness (QED) is 0.743. The maximum absolute atomic E-state index is 11.7. The summed E-state index contributed by atoms with van der Waals surface area (Å²) in [4.78, 5) is 14.1. The highest BCUT2D eigenvalue weighted by molar-refractivity contribution is 7.99. The molecule has 5 heteroatoms. The molecule has 2 heterocycles. The van der Waals surface area contributed by atoms with Crippen LogP contribution in [0.3, 0.4) is 0 Å². The van der Waals surface area contributed by atoms with Crippen molar-refractivity contribution in [1.82, 2.24) is 15.5 Å². The molecule has 2 aliphatic heterocycles. The minimum atomic E-state index is 0.198. The molecule has 0 aromatic rings. The van der Waals surface area contributed by atoms with E-state index in [1.807, 2.05) is 11.8 Å². The predicted molar refractivity (Wildman–Crippen MR) is 72.4 cm³/mol. The summed E-state index contributed by atoms with van der Waals surface area (Å²) in [7, 11) is 0. The topological polar surface area (TPSA) is 44.4 Å². The lowest BCUT2D eigenvalue weighted by atomic mass is 10.2. The van der Waals surface area contributed by atoms with Gasteiger partial charge in [0.25, 0.3) is 0 Å². The highest BCUT2D eigenvalue weighted by Crippen LogP contribution is 2.10. The Balaban J connectivity index is 1.53. The van der Waals surface area contributed by atoms with E-state index in [1.165, 1.54) is 31.7 Å². The maximum atomic E-state index is 11.7. The van der Waals surface area contributed by atoms with Crippen molar-refractivity contribution in [3.8, 4) is 0 Å². The third kappa shape index (κ3) is 4.85. The average molecular weight is 257 g/mol. The van der Waals surface area contributed by atoms with Crippen molar-refractivity contribution in [3.05, 3.63) is 0 Å². The van der Waals surface area contributed by atoms with E-state index in [0.29, 0.717) is 12.5 Å². The molecule has 98 valence electrons. The van der Waals surface area contributed by atoms with E-state index in [0.717, 1.165) is 25.4 Å². The van der Waals surface area contributed by atoms with Crippen molar-refractivity contribution in [2.45, 2.75) is 25.3 Å². The summed E-state index contributed by atoms with van der Waals surface area (Å²) in [5.74, 6) is 2.44. The molecular weight excluding hydrogens is 234 g/mol. The van der Waals surface area contributed by atoms with Crippen LogP contribution in [0.2, 0.25) is 0 Å². The first kappa shape index (κ1) is 13.2. The summed E-state index contributed by atoms with van der Waals surface area (Å²) >= 11 is 1.94. The minimum absolute atomic E-state index is 0.198. The van der Waals surface area contributed by atoms with Crippen LogP contribution in [0.15, 0.2) is 0 Å². The first-order chi connectivity index (χ1) is 8.34. The van der Waals surface area contributed by atoms with Crippen LogP contribution in [-0.4, -0.2) is 61.1 Å². The Labute approximate surface area is 108 Å². The van der Waals surface area contributed by atoms with E-state index in [2.05, 4.69) is 15.5 Å². The van der Waals surface area contributed by atoms with Crippen LogP contribution in [0.5, 0.6) is 0 Å². The Morgan fingerprint density at radius 2 is 2.24 bits per heavy atom. The third-order valence-electron chi connectivity index (χ3n) is 3.38. The number of thioether (sulfide) groups is 1. The molecule has 0 aromatic carbocycles. The molecule has 17 heavy (non-hydrogen) atoms. The fraction of sp³-hybridized carbons (Fsp3) is 0.917. The minimum Gasteiger partial charge on any atom is -0.355 e. The molecule has 1 amide bonds. The summed E-state index contributed by atoms with van der Waals surface area (Å²) in [6.07, 6.45) is 3.27. The van der Waals surface area contributed by atoms with E-state index in [-0.39, 0.29) is 5.91 Å². The summed E-state index contributed by atoms with van der Waals surface area (Å²) in [6, 6.07) is 0.375. The van der Waals surface area contributed by atoms with Crippen molar-refractivity contribution < 1.29 is 4.79 Å². The van der Waals surface area contributed by atoms with Gasteiger partial charge in [-0.1, -0.05) is 0 Å². The summed E-state index contributed by atoms with van der Waals surface area (Å²) < 4.78 is 0. The Morgan fingerprint density at radius 3 is 2.94 bits per heavy atom. The van der Waals surface area contributed by atoms with E-state index in [4.69, 9.17) is 0 Å². The Kier molecular flexibility index (Phi) is 5.61. The van der Waals surface area contributed by atoms with Gasteiger partial charge in [-0.25, -0.2) is 0 Å². The average Bonchev–Trinajstić information content (AvgIpc) is 2.83. The summed E-state index contributed by atoms with van der Waals surface area (Å²) in [5.41, 5.74) is 0. The van der Waals surface area contributed by atoms with Crippen LogP contribution in [0.1, 0.15) is 19.3 Å². The Hall–Kier alpha value is -0.260. The van der Waals surface area contributed by atoms with Crippen molar-refractivity contribution in [3.63, 3.8) is 0 Å². The van der Waals surface area contributed by atoms with Gasteiger partial charge in [-0.05, 0) is 25.9 Å². The van der Waals surface area contributed by atoms with Crippen molar-refractivity contribution in [1.29, 1.82) is 0 Å². The number of carbonyl (C=O) groups is 1. The molecule has 2 fully saturated rings. The first-order valence-corrected chi connectivity index (χ1v) is 7.80. The standard InChI is InChI=1S/C12H23N3OS/c16-12(9-11-10-17-8-4-13-11)14-3-7-15-5-1-2-6-15/h11,13H,1-10H2,(H,14,16). The summed E-state index contributed by atoms with van der Waals surface area (Å²) in [5, 5.41) is 6.42. The van der Waals surface area contributed by atoms with Crippen LogP contribution in [0, 0.1) is 0 Å². The number of rotatable bonds is 5. The molecule has 0 aromatic heterocycles. The van der Waals surface area contributed by atoms with Crippen molar-refractivity contribution in [2.24, 2.45) is 0 Å². The van der Waals surface area contributed by atoms with Crippen LogP contribution >= 0.6 is 11.8 Å². The largest absolute Gasteiger partial charge is 0.355 e. The molecular formula is C12H23N3OS. The second-order valence-corrected chi connectivity index (χ2v) is 5.98. The van der Waals surface area contributed by atoms with Crippen LogP contribution in [0.4, 0.5) is 0 Å². The maximum Gasteiger partial charge on any atom is 0.221 e. The molecule has 2 aliphatic rings. The number of hydrogen-bond donors (Lipinski definition) is 2. The number of carbonyl (C=O) groups excluding carboxylic acids is 1. The molecule has 0 bridgehead atoms. The van der Waals surface area contributed by atoms with Crippen molar-refractivity contribution in [2.75, 3.05) is 44.2 Å². The van der Waals surface area contributed by atoms with Gasteiger partial charge in [0.15, 0.2) is 0 Å². The highest BCUT2D eigenvalue weighted by Gasteiger charge is 2.16. The van der Waals surface area contributed by atoms with Gasteiger partial charge in [0, 0.05) is 43.6 Å². The number of nitrogens with zero attached hydrogens (tertiary/aromatic N) is 1. The Morgan fingerprint density at radius 1 is 1.41 bits per heavy atom. The first-order valence-electron chi connectivity index (χ1n) is 6.65. The fourth-order valence-corrected chi connectivity index (χ4v) is 3.36. The Bertz CT molecular complexity index is 238. The van der Waals surface area contributed by atoms with Gasteiger partial charge in [0.05, 0.1) is 0 Å². The number of hydrogen-bond acceptors (Lipinski definition) is 4. The lowest BCUT2D eigenvalue weighted by molar-refractivity contribution is -0.121. The van der Waals surface area contributed by atoms with Crippen molar-refractivity contribution >= 4 is 17.7 Å². The zero-order valence-corrected chi connectivity index (χ0v) is 11.2. The molecule has 1 atom stereocenters. The normalized spacial score (nSPS) is 26.0. The van der Waals surface area contributed by atoms with E-state index >= 15 is 0 Å². The molecule has 0 spiro atoms. The van der Waals surface area contributed by atoms with Gasteiger partial charge in [0.1, 0.15) is 0 Å². The van der Waals surface area contributed by atoms with Gasteiger partial charge in [-0.2, -0.15) is 11.8 Å². The molecule has 0 radical (unpaired) electrons. The van der Waals surface area contributed by atoms with Gasteiger partial charge < -0.3 is 15.5 Å². The lowest BCUT2D eigenvalue weighted by Crippen LogP contribution is -2.42. The zero-order valence-electron chi connectivity index (χ0n) is 10.4. The molecule has 4 nitrogen and oxygen atoms in total. The smallest absolute Gasteiger partial charge is 0.221 e. The van der Waals surface area contributed by atoms with Crippen LogP contribution < -0.4 is 10.6 Å². The number of amides is 1. The third-order valence-corrected chi connectivity index (χ3v) is 4.51. The van der Waals surface area contributed by atoms with E-state index in [9.17, 15) is 4.79 Å². The van der Waals surface area contributed by atoms with E-state index in [1.54, 1.807) is 0 Å². The predicted octanol–water partition coefficient (Wildman–Crippen LogP) is 0.294.